The molecule has 1 aliphatic carbocycles. The second kappa shape index (κ2) is 8.83. The molecule has 0 aromatic heterocycles. The molecule has 7 nitrogen and oxygen atoms in total. The average molecular weight is 432 g/mol. The fourth-order valence-electron chi connectivity index (χ4n) is 4.03. The Kier molecular flexibility index (Phi) is 6.62. The predicted octanol–water partition coefficient (Wildman–Crippen LogP) is 2.41. The van der Waals surface area contributed by atoms with Crippen molar-refractivity contribution in [3.05, 3.63) is 24.0 Å². The van der Waals surface area contributed by atoms with E-state index in [1.165, 1.54) is 17.0 Å². The average Bonchev–Trinajstić information content (AvgIpc) is 2.66. The van der Waals surface area contributed by atoms with Crippen LogP contribution in [0.3, 0.4) is 0 Å². The highest BCUT2D eigenvalue weighted by atomic mass is 32.2. The zero-order valence-electron chi connectivity index (χ0n) is 16.3. The lowest BCUT2D eigenvalue weighted by atomic mass is 9.84. The third-order valence-corrected chi connectivity index (χ3v) is 6.82. The first-order valence-electron chi connectivity index (χ1n) is 9.63. The summed E-state index contributed by atoms with van der Waals surface area (Å²) in [4.78, 5) is 14.2. The smallest absolute Gasteiger partial charge is 0.407 e. The number of amides is 1. The lowest BCUT2D eigenvalue weighted by Crippen LogP contribution is -2.55. The van der Waals surface area contributed by atoms with Crippen molar-refractivity contribution in [2.75, 3.05) is 39.0 Å². The van der Waals surface area contributed by atoms with Crippen molar-refractivity contribution < 1.29 is 31.8 Å². The Bertz CT molecular complexity index is 843. The molecule has 1 saturated heterocycles. The zero-order chi connectivity index (χ0) is 21.2. The molecule has 1 saturated carbocycles. The maximum Gasteiger partial charge on any atom is 0.407 e. The number of alkyl halides is 1. The van der Waals surface area contributed by atoms with Crippen molar-refractivity contribution in [2.45, 2.75) is 36.4 Å². The van der Waals surface area contributed by atoms with Crippen LogP contribution in [0.2, 0.25) is 0 Å². The van der Waals surface area contributed by atoms with E-state index in [1.54, 1.807) is 0 Å². The maximum atomic E-state index is 14.8. The minimum absolute atomic E-state index is 0.0419. The number of nitrogens with zero attached hydrogens (tertiary/aromatic N) is 2. The van der Waals surface area contributed by atoms with Crippen LogP contribution >= 0.6 is 0 Å². The molecule has 1 amide bonds. The van der Waals surface area contributed by atoms with Crippen LogP contribution in [0.25, 0.3) is 0 Å². The summed E-state index contributed by atoms with van der Waals surface area (Å²) >= 11 is 0. The standard InChI is InChI=1S/C19H26F2N2O5S/c1-29(26,27)14-3-5-18(16(21)11-14)28-12-13-2-4-17(15(20)10-13)22-6-8-23(9-7-22)19(24)25/h3,5,11,13,15,17H,2,4,6-10,12H2,1H3,(H,24,25)/t13-,15+,17-/m1/s1. The van der Waals surface area contributed by atoms with Gasteiger partial charge in [-0.05, 0) is 43.4 Å². The third-order valence-electron chi connectivity index (χ3n) is 5.71. The monoisotopic (exact) mass is 432 g/mol. The lowest BCUT2D eigenvalue weighted by molar-refractivity contribution is 0.0166. The maximum absolute atomic E-state index is 14.8. The SMILES string of the molecule is CS(=O)(=O)c1ccc(OC[C@@H]2CC[C@@H](N3CCN(C(=O)O)CC3)[C@@H](F)C2)c(F)c1. The van der Waals surface area contributed by atoms with E-state index in [4.69, 9.17) is 9.84 Å². The Labute approximate surface area is 169 Å². The second-order valence-corrected chi connectivity index (χ2v) is 9.76. The number of piperazine rings is 1. The van der Waals surface area contributed by atoms with Crippen molar-refractivity contribution in [1.29, 1.82) is 0 Å². The molecule has 3 rings (SSSR count). The molecular formula is C19H26F2N2O5S. The summed E-state index contributed by atoms with van der Waals surface area (Å²) < 4.78 is 57.3. The minimum atomic E-state index is -3.50. The van der Waals surface area contributed by atoms with E-state index in [1.807, 2.05) is 4.90 Å². The summed E-state index contributed by atoms with van der Waals surface area (Å²) in [5, 5.41) is 9.01. The molecule has 3 atom stereocenters. The van der Waals surface area contributed by atoms with Crippen LogP contribution in [0, 0.1) is 11.7 Å². The van der Waals surface area contributed by atoms with Gasteiger partial charge in [0.25, 0.3) is 0 Å². The van der Waals surface area contributed by atoms with Crippen molar-refractivity contribution in [2.24, 2.45) is 5.92 Å². The largest absolute Gasteiger partial charge is 0.490 e. The first-order chi connectivity index (χ1) is 13.6. The van der Waals surface area contributed by atoms with Gasteiger partial charge >= 0.3 is 6.09 Å². The van der Waals surface area contributed by atoms with E-state index in [-0.39, 0.29) is 29.2 Å². The first kappa shape index (κ1) is 21.8. The number of benzene rings is 1. The summed E-state index contributed by atoms with van der Waals surface area (Å²) in [6.07, 6.45) is 0.673. The minimum Gasteiger partial charge on any atom is -0.490 e. The molecule has 1 aliphatic heterocycles. The molecule has 2 aliphatic rings. The molecule has 0 unspecified atom stereocenters. The fourth-order valence-corrected chi connectivity index (χ4v) is 4.66. The van der Waals surface area contributed by atoms with E-state index >= 15 is 0 Å². The van der Waals surface area contributed by atoms with Crippen LogP contribution < -0.4 is 4.74 Å². The Hall–Kier alpha value is -1.94. The van der Waals surface area contributed by atoms with Gasteiger partial charge in [0, 0.05) is 38.5 Å². The van der Waals surface area contributed by atoms with Gasteiger partial charge in [0.15, 0.2) is 21.4 Å². The predicted molar refractivity (Wildman–Crippen MR) is 102 cm³/mol. The number of hydrogen-bond donors (Lipinski definition) is 1. The van der Waals surface area contributed by atoms with E-state index in [0.717, 1.165) is 18.7 Å². The van der Waals surface area contributed by atoms with Crippen LogP contribution in [-0.4, -0.2) is 80.7 Å². The van der Waals surface area contributed by atoms with Gasteiger partial charge in [-0.2, -0.15) is 0 Å². The van der Waals surface area contributed by atoms with Gasteiger partial charge in [0.2, 0.25) is 0 Å². The van der Waals surface area contributed by atoms with Crippen molar-refractivity contribution in [1.82, 2.24) is 9.80 Å². The quantitative estimate of drug-likeness (QED) is 0.769. The molecule has 0 spiro atoms. The topological polar surface area (TPSA) is 87.2 Å². The van der Waals surface area contributed by atoms with Crippen LogP contribution in [0.1, 0.15) is 19.3 Å². The van der Waals surface area contributed by atoms with E-state index in [0.29, 0.717) is 39.0 Å². The Morgan fingerprint density at radius 2 is 1.93 bits per heavy atom. The van der Waals surface area contributed by atoms with Crippen LogP contribution in [0.5, 0.6) is 5.75 Å². The molecule has 1 N–H and O–H groups in total. The van der Waals surface area contributed by atoms with Gasteiger partial charge in [-0.1, -0.05) is 0 Å². The Morgan fingerprint density at radius 3 is 2.48 bits per heavy atom. The van der Waals surface area contributed by atoms with Gasteiger partial charge < -0.3 is 14.7 Å². The molecule has 29 heavy (non-hydrogen) atoms. The highest BCUT2D eigenvalue weighted by molar-refractivity contribution is 7.90. The van der Waals surface area contributed by atoms with Gasteiger partial charge in [-0.15, -0.1) is 0 Å². The molecule has 0 radical (unpaired) electrons. The number of ether oxygens (including phenoxy) is 1. The summed E-state index contributed by atoms with van der Waals surface area (Å²) in [6, 6.07) is 3.27. The van der Waals surface area contributed by atoms with Crippen LogP contribution in [0.15, 0.2) is 23.1 Å². The molecular weight excluding hydrogens is 406 g/mol. The normalized spacial score (nSPS) is 26.3. The summed E-state index contributed by atoms with van der Waals surface area (Å²) in [5.74, 6) is -0.857. The lowest BCUT2D eigenvalue weighted by Gasteiger charge is -2.42. The van der Waals surface area contributed by atoms with Gasteiger partial charge in [-0.25, -0.2) is 22.0 Å². The fraction of sp³-hybridized carbons (Fsp3) is 0.632. The molecule has 0 bridgehead atoms. The van der Waals surface area contributed by atoms with E-state index in [2.05, 4.69) is 0 Å². The molecule has 162 valence electrons. The van der Waals surface area contributed by atoms with E-state index in [9.17, 15) is 22.0 Å². The Morgan fingerprint density at radius 1 is 1.24 bits per heavy atom. The van der Waals surface area contributed by atoms with Crippen LogP contribution in [-0.2, 0) is 9.84 Å². The number of hydrogen-bond acceptors (Lipinski definition) is 5. The summed E-state index contributed by atoms with van der Waals surface area (Å²) in [5.41, 5.74) is 0. The summed E-state index contributed by atoms with van der Waals surface area (Å²) in [7, 11) is -3.50. The van der Waals surface area contributed by atoms with Gasteiger partial charge in [-0.3, -0.25) is 4.90 Å². The first-order valence-corrected chi connectivity index (χ1v) is 11.5. The van der Waals surface area contributed by atoms with Crippen molar-refractivity contribution >= 4 is 15.9 Å². The zero-order valence-corrected chi connectivity index (χ0v) is 17.1. The van der Waals surface area contributed by atoms with Crippen LogP contribution in [0.4, 0.5) is 13.6 Å². The number of rotatable bonds is 5. The van der Waals surface area contributed by atoms with Gasteiger partial charge in [0.1, 0.15) is 6.17 Å². The highest BCUT2D eigenvalue weighted by Crippen LogP contribution is 2.32. The number of carboxylic acid groups (broad SMARTS) is 1. The highest BCUT2D eigenvalue weighted by Gasteiger charge is 2.36. The second-order valence-electron chi connectivity index (χ2n) is 7.74. The molecule has 2 fully saturated rings. The number of carbonyl (C=O) groups is 1. The molecule has 1 aromatic rings. The van der Waals surface area contributed by atoms with Gasteiger partial charge in [0.05, 0.1) is 11.5 Å². The third kappa shape index (κ3) is 5.36. The molecule has 10 heteroatoms. The van der Waals surface area contributed by atoms with Crippen molar-refractivity contribution in [3.8, 4) is 5.75 Å². The number of halogens is 2. The molecule has 1 aromatic carbocycles. The molecule has 1 heterocycles. The number of sulfone groups is 1. The van der Waals surface area contributed by atoms with E-state index < -0.39 is 27.9 Å². The van der Waals surface area contributed by atoms with Crippen molar-refractivity contribution in [3.63, 3.8) is 0 Å². The summed E-state index contributed by atoms with van der Waals surface area (Å²) in [6.45, 7) is 1.98. The Balaban J connectivity index is 1.50.